The third-order valence-electron chi connectivity index (χ3n) is 5.28. The smallest absolute Gasteiger partial charge is 0.281 e. The highest BCUT2D eigenvalue weighted by atomic mass is 19.2. The molecule has 2 aromatic heterocycles. The highest BCUT2D eigenvalue weighted by Crippen LogP contribution is 2.30. The molecule has 7 heteroatoms. The summed E-state index contributed by atoms with van der Waals surface area (Å²) >= 11 is 0. The van der Waals surface area contributed by atoms with Crippen LogP contribution in [0.15, 0.2) is 67.0 Å². The number of anilines is 1. The summed E-state index contributed by atoms with van der Waals surface area (Å²) in [6, 6.07) is 15.0. The summed E-state index contributed by atoms with van der Waals surface area (Å²) in [5.41, 5.74) is 8.16. The van der Waals surface area contributed by atoms with Crippen LogP contribution in [0.4, 0.5) is 14.7 Å². The van der Waals surface area contributed by atoms with Gasteiger partial charge in [0.15, 0.2) is 11.6 Å². The van der Waals surface area contributed by atoms with Gasteiger partial charge in [-0.2, -0.15) is 0 Å². The first-order chi connectivity index (χ1) is 14.9. The molecule has 5 aromatic rings. The molecule has 0 aliphatic carbocycles. The molecule has 0 atom stereocenters. The van der Waals surface area contributed by atoms with Crippen molar-refractivity contribution in [2.75, 3.05) is 5.73 Å². The fourth-order valence-electron chi connectivity index (χ4n) is 3.76. The van der Waals surface area contributed by atoms with E-state index in [4.69, 9.17) is 5.73 Å². The summed E-state index contributed by atoms with van der Waals surface area (Å²) in [5.74, 6) is -2.24. The number of nitrogens with zero attached hydrogens (tertiary/aromatic N) is 3. The van der Waals surface area contributed by atoms with E-state index in [9.17, 15) is 13.6 Å². The second-order valence-electron chi connectivity index (χ2n) is 7.34. The molecule has 2 N–H and O–H groups in total. The van der Waals surface area contributed by atoms with Crippen LogP contribution in [0.25, 0.3) is 32.8 Å². The van der Waals surface area contributed by atoms with Gasteiger partial charge in [0.1, 0.15) is 5.69 Å². The minimum absolute atomic E-state index is 0.0238. The monoisotopic (exact) mass is 414 g/mol. The molecule has 0 fully saturated rings. The van der Waals surface area contributed by atoms with Gasteiger partial charge in [0.05, 0.1) is 5.52 Å². The number of carbonyl (C=O) groups excluding carboxylic acids is 1. The second-order valence-corrected chi connectivity index (χ2v) is 7.34. The number of rotatable bonds is 2. The number of hydrogen-bond donors (Lipinski definition) is 1. The number of aromatic nitrogens is 3. The van der Waals surface area contributed by atoms with Crippen LogP contribution in [0, 0.1) is 18.6 Å². The van der Waals surface area contributed by atoms with E-state index >= 15 is 0 Å². The van der Waals surface area contributed by atoms with Crippen molar-refractivity contribution >= 4 is 33.5 Å². The van der Waals surface area contributed by atoms with Crippen LogP contribution < -0.4 is 5.73 Å². The van der Waals surface area contributed by atoms with Crippen molar-refractivity contribution in [1.82, 2.24) is 14.5 Å². The van der Waals surface area contributed by atoms with Crippen molar-refractivity contribution < 1.29 is 13.6 Å². The Hall–Kier alpha value is -4.13. The molecule has 5 rings (SSSR count). The molecule has 0 radical (unpaired) electrons. The third-order valence-corrected chi connectivity index (χ3v) is 5.28. The predicted molar refractivity (Wildman–Crippen MR) is 116 cm³/mol. The van der Waals surface area contributed by atoms with E-state index in [1.807, 2.05) is 24.3 Å². The lowest BCUT2D eigenvalue weighted by molar-refractivity contribution is 0.0957. The zero-order valence-corrected chi connectivity index (χ0v) is 16.4. The quantitative estimate of drug-likeness (QED) is 0.436. The Morgan fingerprint density at radius 1 is 0.935 bits per heavy atom. The summed E-state index contributed by atoms with van der Waals surface area (Å²) in [4.78, 5) is 21.7. The minimum Gasteiger partial charge on any atom is -0.368 e. The normalized spacial score (nSPS) is 11.3. The van der Waals surface area contributed by atoms with E-state index in [1.165, 1.54) is 4.57 Å². The zero-order valence-electron chi connectivity index (χ0n) is 16.4. The Bertz CT molecular complexity index is 1470. The molecule has 152 valence electrons. The largest absolute Gasteiger partial charge is 0.368 e. The Morgan fingerprint density at radius 3 is 2.32 bits per heavy atom. The molecule has 0 saturated heterocycles. The Labute approximate surface area is 175 Å². The molecule has 0 unspecified atom stereocenters. The summed E-state index contributed by atoms with van der Waals surface area (Å²) in [5, 5.41) is 2.30. The first-order valence-corrected chi connectivity index (χ1v) is 9.55. The van der Waals surface area contributed by atoms with Gasteiger partial charge in [0.2, 0.25) is 5.95 Å². The van der Waals surface area contributed by atoms with E-state index in [1.54, 1.807) is 37.5 Å². The molecule has 3 aromatic carbocycles. The molecule has 0 spiro atoms. The maximum Gasteiger partial charge on any atom is 0.281 e. The van der Waals surface area contributed by atoms with Crippen LogP contribution in [-0.4, -0.2) is 20.4 Å². The highest BCUT2D eigenvalue weighted by molar-refractivity contribution is 6.07. The Kier molecular flexibility index (Phi) is 4.25. The van der Waals surface area contributed by atoms with Crippen LogP contribution in [0.1, 0.15) is 16.1 Å². The number of halogens is 2. The second kappa shape index (κ2) is 6.98. The lowest BCUT2D eigenvalue weighted by Gasteiger charge is -2.11. The Morgan fingerprint density at radius 2 is 1.61 bits per heavy atom. The summed E-state index contributed by atoms with van der Waals surface area (Å²) < 4.78 is 28.9. The fraction of sp³-hybridized carbons (Fsp3) is 0.0417. The van der Waals surface area contributed by atoms with Gasteiger partial charge in [0, 0.05) is 17.8 Å². The molecule has 0 aliphatic heterocycles. The summed E-state index contributed by atoms with van der Waals surface area (Å²) in [7, 11) is 0. The lowest BCUT2D eigenvalue weighted by atomic mass is 9.98. The van der Waals surface area contributed by atoms with Crippen LogP contribution >= 0.6 is 0 Å². The molecule has 0 saturated carbocycles. The van der Waals surface area contributed by atoms with Crippen molar-refractivity contribution in [3.05, 3.63) is 89.9 Å². The molecule has 0 bridgehead atoms. The highest BCUT2D eigenvalue weighted by Gasteiger charge is 2.18. The van der Waals surface area contributed by atoms with Gasteiger partial charge in [-0.15, -0.1) is 0 Å². The maximum atomic E-state index is 13.9. The van der Waals surface area contributed by atoms with Crippen molar-refractivity contribution in [2.24, 2.45) is 0 Å². The first-order valence-electron chi connectivity index (χ1n) is 9.55. The van der Waals surface area contributed by atoms with E-state index in [0.29, 0.717) is 27.6 Å². The average molecular weight is 414 g/mol. The molecular formula is C24H16F2N4O. The summed E-state index contributed by atoms with van der Waals surface area (Å²) in [6.45, 7) is 1.69. The van der Waals surface area contributed by atoms with Gasteiger partial charge in [-0.05, 0) is 58.7 Å². The number of carbonyl (C=O) groups is 1. The third kappa shape index (κ3) is 3.20. The van der Waals surface area contributed by atoms with Crippen molar-refractivity contribution in [3.63, 3.8) is 0 Å². The standard InChI is InChI=1S/C24H16F2N4O/c1-13-8-19(25)20(26)10-17(13)14-6-7-21-18(9-14)22(29-24(27)28-21)23(31)30-11-15-4-2-3-5-16(15)12-30/h2-12H,1H3,(H2,27,28,29). The summed E-state index contributed by atoms with van der Waals surface area (Å²) in [6.07, 6.45) is 3.45. The Balaban J connectivity index is 1.70. The van der Waals surface area contributed by atoms with Crippen LogP contribution in [0.5, 0.6) is 0 Å². The SMILES string of the molecule is Cc1cc(F)c(F)cc1-c1ccc2nc(N)nc(C(=O)n3cc4ccccc4c3)c2c1. The van der Waals surface area contributed by atoms with Crippen molar-refractivity contribution in [2.45, 2.75) is 6.92 Å². The van der Waals surface area contributed by atoms with Gasteiger partial charge >= 0.3 is 0 Å². The van der Waals surface area contributed by atoms with Crippen molar-refractivity contribution in [1.29, 1.82) is 0 Å². The van der Waals surface area contributed by atoms with Gasteiger partial charge in [-0.1, -0.05) is 30.3 Å². The molecule has 2 heterocycles. The number of fused-ring (bicyclic) bond motifs is 2. The van der Waals surface area contributed by atoms with Crippen LogP contribution in [0.2, 0.25) is 0 Å². The molecule has 0 amide bonds. The number of hydrogen-bond acceptors (Lipinski definition) is 4. The van der Waals surface area contributed by atoms with Gasteiger partial charge in [-0.3, -0.25) is 9.36 Å². The minimum atomic E-state index is -0.940. The number of aryl methyl sites for hydroxylation is 1. The zero-order chi connectivity index (χ0) is 21.7. The number of nitrogen functional groups attached to an aromatic ring is 1. The van der Waals surface area contributed by atoms with Gasteiger partial charge < -0.3 is 5.73 Å². The average Bonchev–Trinajstić information content (AvgIpc) is 3.19. The van der Waals surface area contributed by atoms with E-state index in [0.717, 1.165) is 22.9 Å². The molecule has 31 heavy (non-hydrogen) atoms. The molecular weight excluding hydrogens is 398 g/mol. The predicted octanol–water partition coefficient (Wildman–Crippen LogP) is 5.11. The van der Waals surface area contributed by atoms with Crippen LogP contribution in [0.3, 0.4) is 0 Å². The fourth-order valence-corrected chi connectivity index (χ4v) is 3.76. The van der Waals surface area contributed by atoms with Crippen molar-refractivity contribution in [3.8, 4) is 11.1 Å². The van der Waals surface area contributed by atoms with E-state index < -0.39 is 11.6 Å². The maximum absolute atomic E-state index is 13.9. The topological polar surface area (TPSA) is 73.8 Å². The number of benzene rings is 3. The lowest BCUT2D eigenvalue weighted by Crippen LogP contribution is -2.14. The first kappa shape index (κ1) is 18.9. The van der Waals surface area contributed by atoms with E-state index in [-0.39, 0.29) is 17.5 Å². The van der Waals surface area contributed by atoms with Crippen LogP contribution in [-0.2, 0) is 0 Å². The van der Waals surface area contributed by atoms with Gasteiger partial charge in [-0.25, -0.2) is 18.7 Å². The molecule has 5 nitrogen and oxygen atoms in total. The molecule has 0 aliphatic rings. The van der Waals surface area contributed by atoms with E-state index in [2.05, 4.69) is 9.97 Å². The number of nitrogens with two attached hydrogens (primary N) is 1. The van der Waals surface area contributed by atoms with Gasteiger partial charge in [0.25, 0.3) is 5.91 Å².